The van der Waals surface area contributed by atoms with E-state index < -0.39 is 145 Å². The highest BCUT2D eigenvalue weighted by Crippen LogP contribution is 2.15. The first-order valence-electron chi connectivity index (χ1n) is 16.2. The summed E-state index contributed by atoms with van der Waals surface area (Å²) in [6.45, 7) is 1.08. The van der Waals surface area contributed by atoms with Crippen LogP contribution in [-0.4, -0.2) is 222 Å². The molecule has 36 nitrogen and oxygen atoms in total. The molecule has 1 rings (SSSR count). The van der Waals surface area contributed by atoms with Gasteiger partial charge in [-0.05, 0) is 12.1 Å². The third-order valence-corrected chi connectivity index (χ3v) is 4.99. The molecule has 0 radical (unpaired) electrons. The van der Waals surface area contributed by atoms with Crippen LogP contribution in [0.3, 0.4) is 0 Å². The third-order valence-electron chi connectivity index (χ3n) is 4.99. The zero-order valence-electron chi connectivity index (χ0n) is 34.0. The topological polar surface area (TPSA) is 678 Å². The number of aliphatic hydroxyl groups is 4. The minimum Gasteiger partial charge on any atom is -0.481 e. The van der Waals surface area contributed by atoms with E-state index in [-0.39, 0.29) is 11.1 Å². The zero-order chi connectivity index (χ0) is 56.7. The number of carbonyl (C=O) groups is 16. The van der Waals surface area contributed by atoms with E-state index in [4.69, 9.17) is 117 Å². The van der Waals surface area contributed by atoms with Gasteiger partial charge in [0.1, 0.15) is 6.42 Å². The van der Waals surface area contributed by atoms with Gasteiger partial charge >= 0.3 is 89.5 Å². The first kappa shape index (κ1) is 73.7. The lowest BCUT2D eigenvalue weighted by atomic mass is 9.96. The maximum Gasteiger partial charge on any atom is 0.414 e. The van der Waals surface area contributed by atoms with Crippen LogP contribution < -0.4 is 0 Å². The number of benzene rings is 1. The van der Waals surface area contributed by atoms with E-state index in [1.54, 1.807) is 0 Å². The molecule has 0 aromatic heterocycles. The summed E-state index contributed by atoms with van der Waals surface area (Å²) in [5.74, 6) is -23.5. The van der Waals surface area contributed by atoms with Gasteiger partial charge in [-0.3, -0.25) is 28.8 Å². The standard InChI is InChI=1S/C8H6O4.C6H8O7.C4H6O6.C4H6O5.C4H4O4.C3H4O4.C2H2O4.C2H4O2/c9-7(10)5-3-1-2-4-6(5)8(11)12;7-3(8)1-6(13,5(11)12)2-4(9)10;5-1(3(7)8)2(6)4(9)10;5-2(4(8)9)1-3(6)7;5-3(6)1-2-4(7)8;4-2(5)1-3(6)7;3-1(4)2(5)6;1-2(3)4/h1-4H,(H,9,10)(H,11,12);13H,1-2H2,(H,7,8)(H,9,10)(H,11,12);1-2,5-6H,(H,7,8)(H,9,10);2,5H,1H2,(H,6,7)(H,8,9);1-2H,(H,5,6)(H,7,8);1H2,(H,4,5)(H,6,7);(H,3,4)(H,5,6);1H3,(H,3,4)/b;;;;2-1-;;;. The molecule has 0 heterocycles. The Bertz CT molecular complexity index is 1900. The Kier molecular flexibility index (Phi) is 42.6. The first-order valence-corrected chi connectivity index (χ1v) is 16.2. The van der Waals surface area contributed by atoms with Crippen LogP contribution in [0.4, 0.5) is 0 Å². The average molecular weight is 1010 g/mol. The minimum absolute atomic E-state index is 0.190. The van der Waals surface area contributed by atoms with Crippen molar-refractivity contribution < 1.29 is 179 Å². The smallest absolute Gasteiger partial charge is 0.414 e. The highest BCUT2D eigenvalue weighted by Gasteiger charge is 2.40. The molecule has 0 saturated heterocycles. The molecule has 3 unspecified atom stereocenters. The van der Waals surface area contributed by atoms with Crippen LogP contribution in [0.15, 0.2) is 36.4 Å². The quantitative estimate of drug-likeness (QED) is 0.0395. The zero-order valence-corrected chi connectivity index (χ0v) is 34.0. The Morgan fingerprint density at radius 3 is 0.855 bits per heavy atom. The summed E-state index contributed by atoms with van der Waals surface area (Å²) in [5, 5.41) is 161. The SMILES string of the molecule is CC(=O)O.O=C(O)/C=C\C(=O)O.O=C(O)C(=O)O.O=C(O)C(O)C(O)C(=O)O.O=C(O)CC(=O)O.O=C(O)CC(O)(CC(=O)O)C(=O)O.O=C(O)CC(O)C(=O)O.O=C(O)c1ccccc1C(=O)O. The van der Waals surface area contributed by atoms with Crippen molar-refractivity contribution in [2.75, 3.05) is 0 Å². The minimum atomic E-state index is -2.74. The van der Waals surface area contributed by atoms with Crippen molar-refractivity contribution in [2.45, 2.75) is 56.5 Å². The second kappa shape index (κ2) is 39.9. The average Bonchev–Trinajstić information content (AvgIpc) is 3.16. The number of carboxylic acid groups (broad SMARTS) is 16. The lowest BCUT2D eigenvalue weighted by molar-refractivity contribution is -0.170. The molecule has 0 fully saturated rings. The molecule has 1 aromatic rings. The fourth-order valence-corrected chi connectivity index (χ4v) is 2.36. The molecular formula is C33H40O36. The Balaban J connectivity index is -0.000000130. The third kappa shape index (κ3) is 54.4. The molecule has 0 aliphatic heterocycles. The molecule has 0 saturated carbocycles. The predicted molar refractivity (Wildman–Crippen MR) is 204 cm³/mol. The van der Waals surface area contributed by atoms with Crippen molar-refractivity contribution in [3.05, 3.63) is 47.5 Å². The van der Waals surface area contributed by atoms with Crippen LogP contribution in [0.1, 0.15) is 53.3 Å². The summed E-state index contributed by atoms with van der Waals surface area (Å²) in [4.78, 5) is 156. The van der Waals surface area contributed by atoms with Gasteiger partial charge in [0, 0.05) is 19.1 Å². The van der Waals surface area contributed by atoms with Gasteiger partial charge in [-0.15, -0.1) is 0 Å². The highest BCUT2D eigenvalue weighted by molar-refractivity contribution is 6.27. The summed E-state index contributed by atoms with van der Waals surface area (Å²) in [7, 11) is 0. The summed E-state index contributed by atoms with van der Waals surface area (Å²) >= 11 is 0. The largest absolute Gasteiger partial charge is 0.481 e. The van der Waals surface area contributed by atoms with Gasteiger partial charge in [0.25, 0.3) is 5.97 Å². The fraction of sp³-hybridized carbons (Fsp3) is 0.273. The van der Waals surface area contributed by atoms with Crippen LogP contribution in [0, 0.1) is 0 Å². The molecule has 1 aromatic carbocycles. The molecule has 20 N–H and O–H groups in total. The summed E-state index contributed by atoms with van der Waals surface area (Å²) in [5.41, 5.74) is -3.12. The Labute approximate surface area is 378 Å². The van der Waals surface area contributed by atoms with Crippen molar-refractivity contribution in [2.24, 2.45) is 0 Å². The van der Waals surface area contributed by atoms with E-state index >= 15 is 0 Å². The van der Waals surface area contributed by atoms with Crippen molar-refractivity contribution in [3.63, 3.8) is 0 Å². The highest BCUT2D eigenvalue weighted by atomic mass is 16.5. The predicted octanol–water partition coefficient (Wildman–Crippen LogP) is -4.88. The normalized spacial score (nSPS) is 10.5. The van der Waals surface area contributed by atoms with Crippen molar-refractivity contribution in [1.82, 2.24) is 0 Å². The van der Waals surface area contributed by atoms with E-state index in [2.05, 4.69) is 0 Å². The van der Waals surface area contributed by atoms with E-state index in [0.29, 0.717) is 12.2 Å². The van der Waals surface area contributed by atoms with Gasteiger partial charge in [-0.25, -0.2) is 47.9 Å². The van der Waals surface area contributed by atoms with Gasteiger partial charge in [-0.2, -0.15) is 0 Å². The van der Waals surface area contributed by atoms with Gasteiger partial charge in [0.2, 0.25) is 0 Å². The Morgan fingerprint density at radius 1 is 0.464 bits per heavy atom. The van der Waals surface area contributed by atoms with Gasteiger partial charge in [-0.1, -0.05) is 12.1 Å². The number of aliphatic carboxylic acids is 14. The van der Waals surface area contributed by atoms with E-state index in [1.807, 2.05) is 0 Å². The van der Waals surface area contributed by atoms with Crippen LogP contribution in [0.25, 0.3) is 0 Å². The van der Waals surface area contributed by atoms with Gasteiger partial charge < -0.3 is 102 Å². The summed E-state index contributed by atoms with van der Waals surface area (Å²) in [6, 6.07) is 5.48. The number of hydrogen-bond donors (Lipinski definition) is 20. The Morgan fingerprint density at radius 2 is 0.739 bits per heavy atom. The van der Waals surface area contributed by atoms with Crippen LogP contribution in [0.2, 0.25) is 0 Å². The first-order chi connectivity index (χ1) is 31.0. The molecule has 36 heteroatoms. The van der Waals surface area contributed by atoms with Crippen LogP contribution in [-0.2, 0) is 67.1 Å². The lowest BCUT2D eigenvalue weighted by Crippen LogP contribution is -2.42. The van der Waals surface area contributed by atoms with Crippen LogP contribution >= 0.6 is 0 Å². The van der Waals surface area contributed by atoms with E-state index in [9.17, 15) is 62.3 Å². The number of carboxylic acids is 16. The van der Waals surface area contributed by atoms with E-state index in [0.717, 1.165) is 6.92 Å². The van der Waals surface area contributed by atoms with E-state index in [1.165, 1.54) is 24.3 Å². The number of aromatic carboxylic acids is 2. The molecule has 0 amide bonds. The number of rotatable bonds is 17. The van der Waals surface area contributed by atoms with Crippen LogP contribution in [0.5, 0.6) is 0 Å². The number of hydrogen-bond acceptors (Lipinski definition) is 20. The molecule has 0 aliphatic rings. The van der Waals surface area contributed by atoms with Crippen molar-refractivity contribution in [3.8, 4) is 0 Å². The number of aliphatic hydroxyl groups excluding tert-OH is 3. The second-order valence-electron chi connectivity index (χ2n) is 10.8. The van der Waals surface area contributed by atoms with Crippen molar-refractivity contribution >= 4 is 95.5 Å². The van der Waals surface area contributed by atoms with Crippen molar-refractivity contribution in [1.29, 1.82) is 0 Å². The lowest BCUT2D eigenvalue weighted by Gasteiger charge is -2.18. The molecule has 0 spiro atoms. The monoisotopic (exact) mass is 1010 g/mol. The van der Waals surface area contributed by atoms with Gasteiger partial charge in [0.05, 0.1) is 30.4 Å². The molecule has 0 bridgehead atoms. The maximum atomic E-state index is 10.5. The second-order valence-corrected chi connectivity index (χ2v) is 10.8. The van der Waals surface area contributed by atoms with Gasteiger partial charge in [0.15, 0.2) is 23.9 Å². The fourth-order valence-electron chi connectivity index (χ4n) is 2.36. The molecule has 69 heavy (non-hydrogen) atoms. The molecule has 3 atom stereocenters. The Hall–Kier alpha value is -9.68. The molecular weight excluding hydrogens is 972 g/mol. The molecule has 0 aliphatic carbocycles. The summed E-state index contributed by atoms with van der Waals surface area (Å²) < 4.78 is 0. The molecule has 388 valence electrons. The summed E-state index contributed by atoms with van der Waals surface area (Å²) in [6.07, 6.45) is -9.05. The maximum absolute atomic E-state index is 10.5.